The Bertz CT molecular complexity index is 116. The van der Waals surface area contributed by atoms with Crippen molar-refractivity contribution in [3.05, 3.63) is 6.92 Å². The second-order valence-corrected chi connectivity index (χ2v) is 20.4. The molecule has 0 fully saturated rings. The molecule has 0 aliphatic rings. The fraction of sp³-hybridized carbons (Fsp3) is 0.875. The van der Waals surface area contributed by atoms with Crippen molar-refractivity contribution < 1.29 is 4.43 Å². The molecule has 0 aliphatic carbocycles. The maximum absolute atomic E-state index is 5.88. The number of hydrogen-bond donors (Lipinski definition) is 0. The zero-order valence-electron chi connectivity index (χ0n) is 8.53. The molecule has 0 heterocycles. The lowest BCUT2D eigenvalue weighted by Crippen LogP contribution is -2.54. The molecule has 0 aromatic heterocycles. The Morgan fingerprint density at radius 1 is 1.09 bits per heavy atom. The number of rotatable bonds is 4. The van der Waals surface area contributed by atoms with E-state index in [9.17, 15) is 0 Å². The van der Waals surface area contributed by atoms with Gasteiger partial charge in [-0.3, -0.25) is 0 Å². The van der Waals surface area contributed by atoms with Crippen molar-refractivity contribution in [3.8, 4) is 0 Å². The molecule has 0 bridgehead atoms. The van der Waals surface area contributed by atoms with E-state index in [1.165, 1.54) is 0 Å². The summed E-state index contributed by atoms with van der Waals surface area (Å²) in [6.45, 7) is 16.5. The Labute approximate surface area is 73.1 Å². The smallest absolute Gasteiger partial charge is 0.173 e. The summed E-state index contributed by atoms with van der Waals surface area (Å²) in [6, 6.07) is 0. The van der Waals surface area contributed by atoms with Crippen molar-refractivity contribution in [2.24, 2.45) is 0 Å². The zero-order valence-corrected chi connectivity index (χ0v) is 10.5. The van der Waals surface area contributed by atoms with E-state index in [1.807, 2.05) is 0 Å². The second kappa shape index (κ2) is 3.87. The summed E-state index contributed by atoms with van der Waals surface area (Å²) in [4.78, 5) is 0. The van der Waals surface area contributed by atoms with Crippen LogP contribution < -0.4 is 0 Å². The normalized spacial score (nSPS) is 13.6. The fourth-order valence-electron chi connectivity index (χ4n) is 0.544. The van der Waals surface area contributed by atoms with Crippen molar-refractivity contribution in [2.45, 2.75) is 39.2 Å². The quantitative estimate of drug-likeness (QED) is 0.618. The van der Waals surface area contributed by atoms with Crippen molar-refractivity contribution >= 4 is 15.4 Å². The van der Waals surface area contributed by atoms with Gasteiger partial charge in [-0.2, -0.15) is 0 Å². The fourth-order valence-corrected chi connectivity index (χ4v) is 3.24. The first-order valence-corrected chi connectivity index (χ1v) is 11.7. The predicted molar refractivity (Wildman–Crippen MR) is 56.8 cm³/mol. The minimum Gasteiger partial charge on any atom is -0.420 e. The molecule has 0 rings (SSSR count). The lowest BCUT2D eigenvalue weighted by Gasteiger charge is -2.34. The van der Waals surface area contributed by atoms with Gasteiger partial charge in [0.1, 0.15) is 0 Å². The van der Waals surface area contributed by atoms with Gasteiger partial charge in [-0.1, -0.05) is 26.6 Å². The van der Waals surface area contributed by atoms with E-state index in [0.29, 0.717) is 0 Å². The summed E-state index contributed by atoms with van der Waals surface area (Å²) >= 11 is 0. The molecule has 1 nitrogen and oxygen atoms in total. The summed E-state index contributed by atoms with van der Waals surface area (Å²) in [6.07, 6.45) is 0.904. The van der Waals surface area contributed by atoms with Crippen LogP contribution in [0.2, 0.25) is 32.7 Å². The summed E-state index contributed by atoms with van der Waals surface area (Å²) in [5, 5.41) is 0. The Balaban J connectivity index is 4.00. The van der Waals surface area contributed by atoms with Gasteiger partial charge in [0.15, 0.2) is 7.83 Å². The third-order valence-electron chi connectivity index (χ3n) is 2.41. The van der Waals surface area contributed by atoms with E-state index < -0.39 is 15.4 Å². The largest absolute Gasteiger partial charge is 0.420 e. The first-order valence-electron chi connectivity index (χ1n) is 4.24. The Kier molecular flexibility index (Phi) is 4.01. The van der Waals surface area contributed by atoms with Crippen LogP contribution in [-0.4, -0.2) is 22.0 Å². The second-order valence-electron chi connectivity index (χ2n) is 4.46. The first-order chi connectivity index (χ1) is 4.81. The summed E-state index contributed by atoms with van der Waals surface area (Å²) in [5.41, 5.74) is 0. The van der Waals surface area contributed by atoms with E-state index in [-0.39, 0.29) is 0 Å². The van der Waals surface area contributed by atoms with Crippen LogP contribution >= 0.6 is 0 Å². The summed E-state index contributed by atoms with van der Waals surface area (Å²) in [7, 11) is -2.36. The molecule has 1 radical (unpaired) electrons. The van der Waals surface area contributed by atoms with E-state index in [0.717, 1.165) is 13.0 Å². The Hall–Kier alpha value is 0.394. The Morgan fingerprint density at radius 3 is 1.82 bits per heavy atom. The average molecular weight is 189 g/mol. The van der Waals surface area contributed by atoms with Crippen LogP contribution in [0.1, 0.15) is 6.42 Å². The molecule has 0 aromatic rings. The number of hydrogen-bond acceptors (Lipinski definition) is 1. The minimum atomic E-state index is -1.33. The van der Waals surface area contributed by atoms with Gasteiger partial charge in [0.05, 0.1) is 7.59 Å². The molecule has 0 amide bonds. The molecule has 3 heteroatoms. The molecular formula is C8H21OSi2. The lowest BCUT2D eigenvalue weighted by molar-refractivity contribution is 0.325. The maximum Gasteiger partial charge on any atom is 0.173 e. The van der Waals surface area contributed by atoms with Gasteiger partial charge in [-0.05, 0) is 19.5 Å². The molecule has 0 aromatic carbocycles. The van der Waals surface area contributed by atoms with Gasteiger partial charge < -0.3 is 4.43 Å². The van der Waals surface area contributed by atoms with Crippen LogP contribution in [0.15, 0.2) is 0 Å². The molecule has 11 heavy (non-hydrogen) atoms. The standard InChI is InChI=1S/C8H21OSi2/c1-7-8-9-11(5,6)10(2,3)4/h1,7-8H2,2-6H3. The van der Waals surface area contributed by atoms with Crippen LogP contribution in [0.5, 0.6) is 0 Å². The highest BCUT2D eigenvalue weighted by Gasteiger charge is 2.38. The van der Waals surface area contributed by atoms with Crippen molar-refractivity contribution in [2.75, 3.05) is 6.61 Å². The molecular weight excluding hydrogens is 168 g/mol. The zero-order chi connectivity index (χ0) is 9.12. The maximum atomic E-state index is 5.88. The third kappa shape index (κ3) is 3.53. The monoisotopic (exact) mass is 189 g/mol. The van der Waals surface area contributed by atoms with Gasteiger partial charge in [0, 0.05) is 6.61 Å². The van der Waals surface area contributed by atoms with Crippen molar-refractivity contribution in [1.29, 1.82) is 0 Å². The third-order valence-corrected chi connectivity index (χ3v) is 18.2. The van der Waals surface area contributed by atoms with Crippen LogP contribution in [0.4, 0.5) is 0 Å². The highest BCUT2D eigenvalue weighted by molar-refractivity contribution is 7.37. The van der Waals surface area contributed by atoms with Crippen molar-refractivity contribution in [3.63, 3.8) is 0 Å². The average Bonchev–Trinajstić information content (AvgIpc) is 1.81. The van der Waals surface area contributed by atoms with Gasteiger partial charge in [-0.25, -0.2) is 0 Å². The lowest BCUT2D eigenvalue weighted by atomic mass is 10.5. The van der Waals surface area contributed by atoms with Crippen LogP contribution in [0, 0.1) is 6.92 Å². The Morgan fingerprint density at radius 2 is 1.55 bits per heavy atom. The van der Waals surface area contributed by atoms with Crippen LogP contribution in [0.25, 0.3) is 0 Å². The molecule has 0 aliphatic heterocycles. The molecule has 0 atom stereocenters. The van der Waals surface area contributed by atoms with Gasteiger partial charge >= 0.3 is 0 Å². The predicted octanol–water partition coefficient (Wildman–Crippen LogP) is 2.85. The van der Waals surface area contributed by atoms with Gasteiger partial charge in [0.2, 0.25) is 0 Å². The van der Waals surface area contributed by atoms with E-state index in [4.69, 9.17) is 4.43 Å². The molecule has 0 saturated heterocycles. The van der Waals surface area contributed by atoms with E-state index in [1.54, 1.807) is 0 Å². The topological polar surface area (TPSA) is 9.23 Å². The highest BCUT2D eigenvalue weighted by atomic mass is 29.3. The van der Waals surface area contributed by atoms with Crippen LogP contribution in [0.3, 0.4) is 0 Å². The van der Waals surface area contributed by atoms with Gasteiger partial charge in [-0.15, -0.1) is 0 Å². The molecule has 67 valence electrons. The van der Waals surface area contributed by atoms with Gasteiger partial charge in [0.25, 0.3) is 0 Å². The summed E-state index contributed by atoms with van der Waals surface area (Å²) in [5.74, 6) is 0. The first kappa shape index (κ1) is 11.4. The molecule has 0 spiro atoms. The molecule has 0 unspecified atom stereocenters. The SMILES string of the molecule is [CH2]CCO[Si](C)(C)[Si](C)(C)C. The molecule has 0 saturated carbocycles. The van der Waals surface area contributed by atoms with E-state index in [2.05, 4.69) is 39.7 Å². The van der Waals surface area contributed by atoms with Crippen LogP contribution in [-0.2, 0) is 4.43 Å². The van der Waals surface area contributed by atoms with E-state index >= 15 is 0 Å². The van der Waals surface area contributed by atoms with Crippen molar-refractivity contribution in [1.82, 2.24) is 0 Å². The summed E-state index contributed by atoms with van der Waals surface area (Å²) < 4.78 is 5.88. The highest BCUT2D eigenvalue weighted by Crippen LogP contribution is 2.19. The molecule has 0 N–H and O–H groups in total. The minimum absolute atomic E-state index is 0.851.